The third-order valence-corrected chi connectivity index (χ3v) is 7.17. The summed E-state index contributed by atoms with van der Waals surface area (Å²) in [5.74, 6) is 1.26. The standard InChI is InChI=1S/C21H18Cl2N4O3S2/c22-15-5-8-19(18(23)12-15)30-10-1-2-16-13-25-20(26-16)14-3-6-17(7-4-14)32(28,29)27-21-24-9-11-31-21/h3-9,11-13H,1-2,10H2,(H,24,27)(H,25,26). The van der Waals surface area contributed by atoms with E-state index < -0.39 is 10.0 Å². The quantitative estimate of drug-likeness (QED) is 0.284. The molecule has 0 aliphatic heterocycles. The predicted molar refractivity (Wildman–Crippen MR) is 127 cm³/mol. The first-order valence-corrected chi connectivity index (χ1v) is 12.7. The van der Waals surface area contributed by atoms with E-state index in [2.05, 4.69) is 19.7 Å². The zero-order valence-corrected chi connectivity index (χ0v) is 19.7. The minimum absolute atomic E-state index is 0.154. The highest BCUT2D eigenvalue weighted by Gasteiger charge is 2.16. The smallest absolute Gasteiger partial charge is 0.263 e. The van der Waals surface area contributed by atoms with Gasteiger partial charge in [-0.3, -0.25) is 4.72 Å². The molecule has 0 radical (unpaired) electrons. The van der Waals surface area contributed by atoms with Crippen LogP contribution in [0.1, 0.15) is 12.1 Å². The van der Waals surface area contributed by atoms with E-state index in [9.17, 15) is 8.42 Å². The molecule has 11 heteroatoms. The summed E-state index contributed by atoms with van der Waals surface area (Å²) in [4.78, 5) is 11.7. The van der Waals surface area contributed by atoms with E-state index in [-0.39, 0.29) is 4.90 Å². The number of H-pyrrole nitrogens is 1. The number of aromatic nitrogens is 3. The number of ether oxygens (including phenoxy) is 1. The Balaban J connectivity index is 1.33. The third kappa shape index (κ3) is 5.60. The maximum Gasteiger partial charge on any atom is 0.263 e. The average Bonchev–Trinajstić information content (AvgIpc) is 3.44. The number of benzene rings is 2. The Morgan fingerprint density at radius 2 is 1.91 bits per heavy atom. The molecular weight excluding hydrogens is 491 g/mol. The Morgan fingerprint density at radius 3 is 2.62 bits per heavy atom. The number of anilines is 1. The summed E-state index contributed by atoms with van der Waals surface area (Å²) in [5, 5.41) is 3.07. The molecule has 0 atom stereocenters. The van der Waals surface area contributed by atoms with Crippen molar-refractivity contribution in [2.24, 2.45) is 0 Å². The van der Waals surface area contributed by atoms with Crippen LogP contribution in [-0.2, 0) is 16.4 Å². The Labute approximate surface area is 199 Å². The normalized spacial score (nSPS) is 11.4. The van der Waals surface area contributed by atoms with Gasteiger partial charge in [-0.2, -0.15) is 0 Å². The van der Waals surface area contributed by atoms with Crippen LogP contribution in [0.5, 0.6) is 5.75 Å². The van der Waals surface area contributed by atoms with Gasteiger partial charge in [-0.25, -0.2) is 18.4 Å². The van der Waals surface area contributed by atoms with Crippen LogP contribution < -0.4 is 9.46 Å². The monoisotopic (exact) mass is 508 g/mol. The van der Waals surface area contributed by atoms with Gasteiger partial charge in [0.2, 0.25) is 0 Å². The largest absolute Gasteiger partial charge is 0.492 e. The van der Waals surface area contributed by atoms with Gasteiger partial charge in [0.1, 0.15) is 11.6 Å². The average molecular weight is 509 g/mol. The number of nitrogens with zero attached hydrogens (tertiary/aromatic N) is 2. The van der Waals surface area contributed by atoms with Gasteiger partial charge in [0.25, 0.3) is 10.0 Å². The fourth-order valence-corrected chi connectivity index (χ4v) is 5.16. The Morgan fingerprint density at radius 1 is 1.09 bits per heavy atom. The molecule has 0 aliphatic rings. The molecule has 32 heavy (non-hydrogen) atoms. The van der Waals surface area contributed by atoms with Crippen LogP contribution in [0.15, 0.2) is 65.1 Å². The predicted octanol–water partition coefficient (Wildman–Crippen LogP) is 5.65. The third-order valence-electron chi connectivity index (χ3n) is 4.46. The highest BCUT2D eigenvalue weighted by atomic mass is 35.5. The van der Waals surface area contributed by atoms with Gasteiger partial charge < -0.3 is 9.72 Å². The van der Waals surface area contributed by atoms with Crippen molar-refractivity contribution in [3.63, 3.8) is 0 Å². The number of sulfonamides is 1. The molecule has 2 heterocycles. The van der Waals surface area contributed by atoms with Gasteiger partial charge in [-0.05, 0) is 55.3 Å². The first-order valence-electron chi connectivity index (χ1n) is 9.55. The maximum atomic E-state index is 12.4. The van der Waals surface area contributed by atoms with Crippen LogP contribution in [0.3, 0.4) is 0 Å². The molecule has 4 aromatic rings. The van der Waals surface area contributed by atoms with E-state index in [0.717, 1.165) is 24.1 Å². The summed E-state index contributed by atoms with van der Waals surface area (Å²) in [6, 6.07) is 11.6. The van der Waals surface area contributed by atoms with Gasteiger partial charge in [-0.15, -0.1) is 11.3 Å². The molecule has 0 aliphatic carbocycles. The van der Waals surface area contributed by atoms with Gasteiger partial charge in [-0.1, -0.05) is 23.2 Å². The number of halogens is 2. The van der Waals surface area contributed by atoms with Crippen molar-refractivity contribution in [2.45, 2.75) is 17.7 Å². The minimum Gasteiger partial charge on any atom is -0.492 e. The van der Waals surface area contributed by atoms with Crippen molar-refractivity contribution in [1.29, 1.82) is 0 Å². The molecule has 0 fully saturated rings. The Bertz CT molecular complexity index is 1290. The maximum absolute atomic E-state index is 12.4. The molecule has 2 aromatic heterocycles. The lowest BCUT2D eigenvalue weighted by atomic mass is 10.2. The molecule has 0 bridgehead atoms. The summed E-state index contributed by atoms with van der Waals surface area (Å²) in [5.41, 5.74) is 1.74. The topological polar surface area (TPSA) is 97.0 Å². The van der Waals surface area contributed by atoms with Crippen molar-refractivity contribution in [2.75, 3.05) is 11.3 Å². The van der Waals surface area contributed by atoms with Crippen LogP contribution >= 0.6 is 34.5 Å². The first kappa shape index (κ1) is 22.6. The molecular formula is C21H18Cl2N4O3S2. The lowest BCUT2D eigenvalue weighted by molar-refractivity contribution is 0.311. The number of imidazole rings is 1. The first-order chi connectivity index (χ1) is 15.4. The summed E-state index contributed by atoms with van der Waals surface area (Å²) in [6.07, 6.45) is 4.81. The van der Waals surface area contributed by atoms with Crippen molar-refractivity contribution in [3.8, 4) is 17.1 Å². The Kier molecular flexibility index (Phi) is 7.00. The Hall–Kier alpha value is -2.59. The van der Waals surface area contributed by atoms with Crippen LogP contribution in [0, 0.1) is 0 Å². The van der Waals surface area contributed by atoms with Gasteiger partial charge >= 0.3 is 0 Å². The number of rotatable bonds is 9. The van der Waals surface area contributed by atoms with Crippen LogP contribution in [-0.4, -0.2) is 30.0 Å². The van der Waals surface area contributed by atoms with Crippen molar-refractivity contribution < 1.29 is 13.2 Å². The molecule has 2 aromatic carbocycles. The van der Waals surface area contributed by atoms with Crippen LogP contribution in [0.25, 0.3) is 11.4 Å². The summed E-state index contributed by atoms with van der Waals surface area (Å²) in [6.45, 7) is 0.494. The summed E-state index contributed by atoms with van der Waals surface area (Å²) in [7, 11) is -3.68. The molecule has 0 spiro atoms. The van der Waals surface area contributed by atoms with E-state index in [0.29, 0.717) is 33.4 Å². The highest BCUT2D eigenvalue weighted by molar-refractivity contribution is 7.93. The number of aryl methyl sites for hydroxylation is 1. The molecule has 2 N–H and O–H groups in total. The second-order valence-corrected chi connectivity index (χ2v) is 10.2. The lowest BCUT2D eigenvalue weighted by Gasteiger charge is -2.07. The van der Waals surface area contributed by atoms with Gasteiger partial charge in [0, 0.05) is 34.1 Å². The molecule has 0 saturated carbocycles. The minimum atomic E-state index is -3.68. The lowest BCUT2D eigenvalue weighted by Crippen LogP contribution is -2.12. The fraction of sp³-hybridized carbons (Fsp3) is 0.143. The van der Waals surface area contributed by atoms with Crippen LogP contribution in [0.2, 0.25) is 10.0 Å². The van der Waals surface area contributed by atoms with E-state index >= 15 is 0 Å². The van der Waals surface area contributed by atoms with Crippen molar-refractivity contribution in [1.82, 2.24) is 15.0 Å². The van der Waals surface area contributed by atoms with Crippen molar-refractivity contribution in [3.05, 3.63) is 76.0 Å². The number of hydrogen-bond donors (Lipinski definition) is 2. The molecule has 0 saturated heterocycles. The number of nitrogens with one attached hydrogen (secondary N) is 2. The number of hydrogen-bond acceptors (Lipinski definition) is 6. The second-order valence-electron chi connectivity index (χ2n) is 6.75. The van der Waals surface area contributed by atoms with Crippen LogP contribution in [0.4, 0.5) is 5.13 Å². The highest BCUT2D eigenvalue weighted by Crippen LogP contribution is 2.27. The second kappa shape index (κ2) is 9.91. The molecule has 7 nitrogen and oxygen atoms in total. The van der Waals surface area contributed by atoms with Crippen molar-refractivity contribution >= 4 is 49.7 Å². The van der Waals surface area contributed by atoms with E-state index in [1.807, 2.05) is 0 Å². The SMILES string of the molecule is O=S(=O)(Nc1nccs1)c1ccc(-c2ncc(CCCOc3ccc(Cl)cc3Cl)[nH]2)cc1. The molecule has 0 unspecified atom stereocenters. The molecule has 0 amide bonds. The van der Waals surface area contributed by atoms with E-state index in [1.165, 1.54) is 23.5 Å². The zero-order chi connectivity index (χ0) is 22.6. The van der Waals surface area contributed by atoms with Gasteiger partial charge in [0.15, 0.2) is 5.13 Å². The van der Waals surface area contributed by atoms with E-state index in [4.69, 9.17) is 27.9 Å². The molecule has 4 rings (SSSR count). The summed E-state index contributed by atoms with van der Waals surface area (Å²) >= 11 is 13.2. The van der Waals surface area contributed by atoms with E-state index in [1.54, 1.807) is 48.1 Å². The summed E-state index contributed by atoms with van der Waals surface area (Å²) < 4.78 is 33.0. The number of aromatic amines is 1. The zero-order valence-electron chi connectivity index (χ0n) is 16.6. The number of thiazole rings is 1. The molecule has 166 valence electrons. The van der Waals surface area contributed by atoms with Gasteiger partial charge in [0.05, 0.1) is 16.5 Å². The fourth-order valence-electron chi connectivity index (χ4n) is 2.91.